The van der Waals surface area contributed by atoms with Gasteiger partial charge in [0.15, 0.2) is 5.92 Å². The van der Waals surface area contributed by atoms with Gasteiger partial charge in [-0.3, -0.25) is 14.6 Å². The van der Waals surface area contributed by atoms with Gasteiger partial charge in [0.25, 0.3) is 0 Å². The maximum atomic E-state index is 13.1. The third-order valence-corrected chi connectivity index (χ3v) is 2.10. The van der Waals surface area contributed by atoms with Crippen LogP contribution in [0, 0.1) is 5.82 Å². The van der Waals surface area contributed by atoms with Crippen molar-refractivity contribution in [3.05, 3.63) is 29.8 Å². The Balaban J connectivity index is 3.03. The molecule has 1 rings (SSSR count). The van der Waals surface area contributed by atoms with Crippen LogP contribution in [0.15, 0.2) is 18.5 Å². The molecule has 0 aliphatic carbocycles. The lowest BCUT2D eigenvalue weighted by Gasteiger charge is -2.14. The Morgan fingerprint density at radius 1 is 1.22 bits per heavy atom. The maximum Gasteiger partial charge on any atom is 0.324 e. The predicted molar refractivity (Wildman–Crippen MR) is 60.2 cm³/mol. The molecule has 18 heavy (non-hydrogen) atoms. The topological polar surface area (TPSA) is 65.5 Å². The van der Waals surface area contributed by atoms with Crippen molar-refractivity contribution < 1.29 is 23.5 Å². The number of esters is 2. The lowest BCUT2D eigenvalue weighted by molar-refractivity contribution is -0.156. The number of pyridine rings is 1. The summed E-state index contributed by atoms with van der Waals surface area (Å²) in [6.45, 7) is 3.48. The van der Waals surface area contributed by atoms with E-state index in [0.29, 0.717) is 0 Å². The standard InChI is InChI=1S/C12H14FNO4/c1-3-17-11(15)10(12(16)18-4-2)8-5-9(13)7-14-6-8/h5-7,10H,3-4H2,1-2H3. The van der Waals surface area contributed by atoms with Crippen molar-refractivity contribution in [3.8, 4) is 0 Å². The number of hydrogen-bond acceptors (Lipinski definition) is 5. The fourth-order valence-electron chi connectivity index (χ4n) is 1.41. The largest absolute Gasteiger partial charge is 0.465 e. The molecule has 0 N–H and O–H groups in total. The summed E-state index contributed by atoms with van der Waals surface area (Å²) in [4.78, 5) is 27.0. The number of ether oxygens (including phenoxy) is 2. The van der Waals surface area contributed by atoms with Crippen molar-refractivity contribution in [2.24, 2.45) is 0 Å². The highest BCUT2D eigenvalue weighted by atomic mass is 19.1. The average Bonchev–Trinajstić information content (AvgIpc) is 2.30. The van der Waals surface area contributed by atoms with Gasteiger partial charge in [0.1, 0.15) is 5.82 Å². The van der Waals surface area contributed by atoms with E-state index in [-0.39, 0.29) is 18.8 Å². The first-order chi connectivity index (χ1) is 8.60. The van der Waals surface area contributed by atoms with Crippen LogP contribution in [0.25, 0.3) is 0 Å². The van der Waals surface area contributed by atoms with Crippen LogP contribution in [0.1, 0.15) is 25.3 Å². The lowest BCUT2D eigenvalue weighted by atomic mass is 10.0. The second kappa shape index (κ2) is 6.68. The Kier molecular flexibility index (Phi) is 5.23. The Morgan fingerprint density at radius 3 is 2.22 bits per heavy atom. The van der Waals surface area contributed by atoms with Crippen LogP contribution in [0.5, 0.6) is 0 Å². The zero-order valence-electron chi connectivity index (χ0n) is 10.2. The van der Waals surface area contributed by atoms with Crippen LogP contribution >= 0.6 is 0 Å². The molecular weight excluding hydrogens is 241 g/mol. The Hall–Kier alpha value is -1.98. The van der Waals surface area contributed by atoms with Gasteiger partial charge in [-0.25, -0.2) is 4.39 Å². The number of carbonyl (C=O) groups excluding carboxylic acids is 2. The van der Waals surface area contributed by atoms with Gasteiger partial charge < -0.3 is 9.47 Å². The molecule has 1 heterocycles. The van der Waals surface area contributed by atoms with Crippen LogP contribution < -0.4 is 0 Å². The number of halogens is 1. The molecule has 1 aromatic rings. The minimum Gasteiger partial charge on any atom is -0.465 e. The second-order valence-electron chi connectivity index (χ2n) is 3.37. The molecule has 5 nitrogen and oxygen atoms in total. The van der Waals surface area contributed by atoms with E-state index in [1.54, 1.807) is 13.8 Å². The molecule has 0 fully saturated rings. The van der Waals surface area contributed by atoms with Crippen molar-refractivity contribution in [2.75, 3.05) is 13.2 Å². The van der Waals surface area contributed by atoms with Crippen molar-refractivity contribution >= 4 is 11.9 Å². The van der Waals surface area contributed by atoms with Gasteiger partial charge in [-0.05, 0) is 25.5 Å². The fourth-order valence-corrected chi connectivity index (χ4v) is 1.41. The molecular formula is C12H14FNO4. The Morgan fingerprint density at radius 2 is 1.78 bits per heavy atom. The summed E-state index contributed by atoms with van der Waals surface area (Å²) < 4.78 is 22.6. The second-order valence-corrected chi connectivity index (χ2v) is 3.37. The third kappa shape index (κ3) is 3.51. The SMILES string of the molecule is CCOC(=O)C(C(=O)OCC)c1cncc(F)c1. The number of aromatic nitrogens is 1. The first-order valence-corrected chi connectivity index (χ1v) is 5.53. The third-order valence-electron chi connectivity index (χ3n) is 2.10. The first kappa shape index (κ1) is 14.1. The molecule has 6 heteroatoms. The molecule has 0 spiro atoms. The minimum atomic E-state index is -1.30. The highest BCUT2D eigenvalue weighted by Gasteiger charge is 2.31. The van der Waals surface area contributed by atoms with E-state index in [9.17, 15) is 14.0 Å². The van der Waals surface area contributed by atoms with E-state index in [4.69, 9.17) is 9.47 Å². The van der Waals surface area contributed by atoms with Gasteiger partial charge in [0, 0.05) is 6.20 Å². The van der Waals surface area contributed by atoms with Crippen LogP contribution in [-0.2, 0) is 19.1 Å². The van der Waals surface area contributed by atoms with Gasteiger partial charge >= 0.3 is 11.9 Å². The van der Waals surface area contributed by atoms with E-state index in [2.05, 4.69) is 4.98 Å². The van der Waals surface area contributed by atoms with E-state index in [1.165, 1.54) is 6.20 Å². The summed E-state index contributed by atoms with van der Waals surface area (Å²) in [5, 5.41) is 0. The molecule has 0 aliphatic heterocycles. The molecule has 0 unspecified atom stereocenters. The predicted octanol–water partition coefficient (Wildman–Crippen LogP) is 1.43. The van der Waals surface area contributed by atoms with Crippen molar-refractivity contribution in [1.82, 2.24) is 4.98 Å². The summed E-state index contributed by atoms with van der Waals surface area (Å²) in [6.07, 6.45) is 2.22. The van der Waals surface area contributed by atoms with E-state index < -0.39 is 23.7 Å². The highest BCUT2D eigenvalue weighted by Crippen LogP contribution is 2.19. The quantitative estimate of drug-likeness (QED) is 0.588. The summed E-state index contributed by atoms with van der Waals surface area (Å²) in [5.74, 6) is -3.48. The van der Waals surface area contributed by atoms with Crippen LogP contribution in [0.2, 0.25) is 0 Å². The first-order valence-electron chi connectivity index (χ1n) is 5.53. The van der Waals surface area contributed by atoms with Crippen LogP contribution in [-0.4, -0.2) is 30.1 Å². The Labute approximate surface area is 104 Å². The molecule has 0 aliphatic rings. The van der Waals surface area contributed by atoms with Crippen LogP contribution in [0.3, 0.4) is 0 Å². The zero-order chi connectivity index (χ0) is 13.5. The van der Waals surface area contributed by atoms with Crippen molar-refractivity contribution in [3.63, 3.8) is 0 Å². The van der Waals surface area contributed by atoms with Gasteiger partial charge in [0.05, 0.1) is 19.4 Å². The number of hydrogen-bond donors (Lipinski definition) is 0. The number of rotatable bonds is 5. The molecule has 0 bridgehead atoms. The highest BCUT2D eigenvalue weighted by molar-refractivity contribution is 6.00. The lowest BCUT2D eigenvalue weighted by Crippen LogP contribution is -2.26. The van der Waals surface area contributed by atoms with Gasteiger partial charge in [0.2, 0.25) is 0 Å². The molecule has 0 saturated heterocycles. The molecule has 0 radical (unpaired) electrons. The smallest absolute Gasteiger partial charge is 0.324 e. The van der Waals surface area contributed by atoms with Crippen molar-refractivity contribution in [2.45, 2.75) is 19.8 Å². The maximum absolute atomic E-state index is 13.1. The Bertz CT molecular complexity index is 418. The summed E-state index contributed by atoms with van der Waals surface area (Å²) in [6, 6.07) is 1.06. The van der Waals surface area contributed by atoms with Gasteiger partial charge in [-0.2, -0.15) is 0 Å². The van der Waals surface area contributed by atoms with E-state index in [0.717, 1.165) is 12.3 Å². The zero-order valence-corrected chi connectivity index (χ0v) is 10.2. The summed E-state index contributed by atoms with van der Waals surface area (Å²) >= 11 is 0. The monoisotopic (exact) mass is 255 g/mol. The minimum absolute atomic E-state index is 0.118. The molecule has 0 aromatic carbocycles. The molecule has 0 atom stereocenters. The molecule has 98 valence electrons. The van der Waals surface area contributed by atoms with Crippen LogP contribution in [0.4, 0.5) is 4.39 Å². The van der Waals surface area contributed by atoms with Gasteiger partial charge in [-0.1, -0.05) is 0 Å². The molecule has 0 saturated carbocycles. The molecule has 0 amide bonds. The van der Waals surface area contributed by atoms with Crippen molar-refractivity contribution in [1.29, 1.82) is 0 Å². The number of nitrogens with zero attached hydrogens (tertiary/aromatic N) is 1. The normalized spacial score (nSPS) is 10.2. The summed E-state index contributed by atoms with van der Waals surface area (Å²) in [5.41, 5.74) is 0.118. The number of carbonyl (C=O) groups is 2. The molecule has 1 aromatic heterocycles. The van der Waals surface area contributed by atoms with E-state index in [1.807, 2.05) is 0 Å². The van der Waals surface area contributed by atoms with Gasteiger partial charge in [-0.15, -0.1) is 0 Å². The summed E-state index contributed by atoms with van der Waals surface area (Å²) in [7, 11) is 0. The fraction of sp³-hybridized carbons (Fsp3) is 0.417. The average molecular weight is 255 g/mol. The van der Waals surface area contributed by atoms with E-state index >= 15 is 0 Å².